The molecule has 0 amide bonds. The molecule has 0 atom stereocenters. The van der Waals surface area contributed by atoms with Gasteiger partial charge in [0.15, 0.2) is 5.96 Å². The number of guanidine groups is 1. The lowest BCUT2D eigenvalue weighted by Gasteiger charge is -2.24. The minimum Gasteiger partial charge on any atom is -0.477 e. The second-order valence-electron chi connectivity index (χ2n) is 5.91. The van der Waals surface area contributed by atoms with E-state index < -0.39 is 0 Å². The molecule has 24 heavy (non-hydrogen) atoms. The van der Waals surface area contributed by atoms with Crippen LogP contribution in [0.2, 0.25) is 0 Å². The van der Waals surface area contributed by atoms with Crippen LogP contribution in [0.5, 0.6) is 5.88 Å². The Labute approximate surface area is 162 Å². The summed E-state index contributed by atoms with van der Waals surface area (Å²) in [6.07, 6.45) is 3.88. The maximum atomic E-state index is 5.74. The summed E-state index contributed by atoms with van der Waals surface area (Å²) in [5.41, 5.74) is 0.762. The number of nitrogens with one attached hydrogen (secondary N) is 2. The number of rotatable bonds is 9. The lowest BCUT2D eigenvalue weighted by Crippen LogP contribution is -2.45. The van der Waals surface area contributed by atoms with Crippen molar-refractivity contribution in [3.8, 4) is 5.88 Å². The van der Waals surface area contributed by atoms with Crippen molar-refractivity contribution in [2.24, 2.45) is 4.99 Å². The highest BCUT2D eigenvalue weighted by Crippen LogP contribution is 2.14. The molecule has 0 spiro atoms. The summed E-state index contributed by atoms with van der Waals surface area (Å²) >= 11 is 0. The van der Waals surface area contributed by atoms with Crippen molar-refractivity contribution in [1.82, 2.24) is 15.6 Å². The number of methoxy groups -OCH3 is 1. The Hall–Kier alpha value is -1.09. The molecule has 0 saturated heterocycles. The summed E-state index contributed by atoms with van der Waals surface area (Å²) in [6, 6.07) is 3.92. The summed E-state index contributed by atoms with van der Waals surface area (Å²) in [6.45, 7) is 8.14. The van der Waals surface area contributed by atoms with Crippen LogP contribution in [0.1, 0.15) is 39.2 Å². The molecule has 0 bridgehead atoms. The van der Waals surface area contributed by atoms with Crippen LogP contribution in [-0.4, -0.2) is 43.9 Å². The number of aliphatic imine (C=N–C) groups is 1. The fourth-order valence-corrected chi connectivity index (χ4v) is 1.77. The van der Waals surface area contributed by atoms with Crippen molar-refractivity contribution in [3.05, 3.63) is 23.9 Å². The van der Waals surface area contributed by atoms with Gasteiger partial charge in [-0.3, -0.25) is 4.99 Å². The van der Waals surface area contributed by atoms with Crippen LogP contribution in [0.25, 0.3) is 0 Å². The molecule has 0 aliphatic heterocycles. The number of ether oxygens (including phenoxy) is 2. The Balaban J connectivity index is 0.00000529. The Bertz CT molecular complexity index is 495. The van der Waals surface area contributed by atoms with E-state index >= 15 is 0 Å². The predicted octanol–water partition coefficient (Wildman–Crippen LogP) is 2.97. The molecule has 6 nitrogen and oxygen atoms in total. The number of unbranched alkanes of at least 4 members (excludes halogenated alkanes) is 1. The minimum atomic E-state index is -0.250. The van der Waals surface area contributed by atoms with E-state index in [-0.39, 0.29) is 29.6 Å². The van der Waals surface area contributed by atoms with Gasteiger partial charge in [-0.2, -0.15) is 0 Å². The molecule has 1 heterocycles. The number of aromatic nitrogens is 1. The molecule has 2 N–H and O–H groups in total. The minimum absolute atomic E-state index is 0. The number of nitrogens with zero attached hydrogens (tertiary/aromatic N) is 2. The van der Waals surface area contributed by atoms with Crippen molar-refractivity contribution < 1.29 is 9.47 Å². The zero-order chi connectivity index (χ0) is 17.1. The first-order chi connectivity index (χ1) is 11.0. The van der Waals surface area contributed by atoms with Gasteiger partial charge in [-0.1, -0.05) is 19.4 Å². The van der Waals surface area contributed by atoms with Crippen molar-refractivity contribution in [1.29, 1.82) is 0 Å². The first kappa shape index (κ1) is 22.9. The van der Waals surface area contributed by atoms with E-state index in [4.69, 9.17) is 9.47 Å². The Morgan fingerprint density at radius 1 is 1.33 bits per heavy atom. The molecule has 0 unspecified atom stereocenters. The zero-order valence-corrected chi connectivity index (χ0v) is 17.7. The van der Waals surface area contributed by atoms with Gasteiger partial charge in [-0.15, -0.1) is 24.0 Å². The number of hydrogen-bond donors (Lipinski definition) is 2. The molecule has 138 valence electrons. The molecule has 0 aromatic carbocycles. The first-order valence-corrected chi connectivity index (χ1v) is 8.08. The standard InChI is InChI=1S/C17H30N4O2.HI/c1-6-7-11-23-15-14(9-8-10-19-15)12-20-16(18-4)21-13-17(2,3)22-5;/h8-10H,6-7,11-13H2,1-5H3,(H2,18,20,21);1H. The third-order valence-corrected chi connectivity index (χ3v) is 3.49. The van der Waals surface area contributed by atoms with E-state index in [1.54, 1.807) is 20.4 Å². The molecule has 0 radical (unpaired) electrons. The van der Waals surface area contributed by atoms with Gasteiger partial charge in [0.05, 0.1) is 12.2 Å². The van der Waals surface area contributed by atoms with E-state index in [0.29, 0.717) is 25.6 Å². The number of hydrogen-bond acceptors (Lipinski definition) is 4. The third-order valence-electron chi connectivity index (χ3n) is 3.49. The predicted molar refractivity (Wildman–Crippen MR) is 109 cm³/mol. The molecule has 7 heteroatoms. The fourth-order valence-electron chi connectivity index (χ4n) is 1.77. The average molecular weight is 450 g/mol. The number of pyridine rings is 1. The summed E-state index contributed by atoms with van der Waals surface area (Å²) in [5, 5.41) is 6.53. The van der Waals surface area contributed by atoms with Gasteiger partial charge in [-0.05, 0) is 26.3 Å². The van der Waals surface area contributed by atoms with Crippen molar-refractivity contribution in [2.45, 2.75) is 45.8 Å². The molecule has 0 aliphatic rings. The zero-order valence-electron chi connectivity index (χ0n) is 15.4. The van der Waals surface area contributed by atoms with E-state index in [1.807, 2.05) is 26.0 Å². The van der Waals surface area contributed by atoms with E-state index in [1.165, 1.54) is 0 Å². The van der Waals surface area contributed by atoms with Crippen LogP contribution < -0.4 is 15.4 Å². The number of halogens is 1. The highest BCUT2D eigenvalue weighted by Gasteiger charge is 2.16. The second-order valence-corrected chi connectivity index (χ2v) is 5.91. The Kier molecular flexibility index (Phi) is 11.7. The third kappa shape index (κ3) is 8.68. The summed E-state index contributed by atoms with van der Waals surface area (Å²) in [5.74, 6) is 1.40. The Morgan fingerprint density at radius 2 is 2.08 bits per heavy atom. The lowest BCUT2D eigenvalue weighted by atomic mass is 10.1. The highest BCUT2D eigenvalue weighted by atomic mass is 127. The highest BCUT2D eigenvalue weighted by molar-refractivity contribution is 14.0. The van der Waals surface area contributed by atoms with Crippen LogP contribution in [-0.2, 0) is 11.3 Å². The van der Waals surface area contributed by atoms with Crippen LogP contribution in [0.4, 0.5) is 0 Å². The smallest absolute Gasteiger partial charge is 0.218 e. The first-order valence-electron chi connectivity index (χ1n) is 8.08. The van der Waals surface area contributed by atoms with Gasteiger partial charge in [-0.25, -0.2) is 4.98 Å². The fraction of sp³-hybridized carbons (Fsp3) is 0.647. The maximum absolute atomic E-state index is 5.74. The van der Waals surface area contributed by atoms with E-state index in [9.17, 15) is 0 Å². The molecular weight excluding hydrogens is 419 g/mol. The van der Waals surface area contributed by atoms with Crippen molar-refractivity contribution in [3.63, 3.8) is 0 Å². The van der Waals surface area contributed by atoms with Gasteiger partial charge >= 0.3 is 0 Å². The van der Waals surface area contributed by atoms with Crippen molar-refractivity contribution in [2.75, 3.05) is 27.3 Å². The van der Waals surface area contributed by atoms with Gasteiger partial charge in [0.2, 0.25) is 5.88 Å². The van der Waals surface area contributed by atoms with Crippen LogP contribution in [0, 0.1) is 0 Å². The average Bonchev–Trinajstić information content (AvgIpc) is 2.56. The topological polar surface area (TPSA) is 67.8 Å². The molecule has 0 saturated carbocycles. The summed E-state index contributed by atoms with van der Waals surface area (Å²) < 4.78 is 11.1. The molecular formula is C17H31IN4O2. The normalized spacial score (nSPS) is 11.6. The molecule has 1 aromatic heterocycles. The molecule has 0 aliphatic carbocycles. The largest absolute Gasteiger partial charge is 0.477 e. The summed E-state index contributed by atoms with van der Waals surface area (Å²) in [4.78, 5) is 8.53. The van der Waals surface area contributed by atoms with Crippen LogP contribution >= 0.6 is 24.0 Å². The van der Waals surface area contributed by atoms with Crippen LogP contribution in [0.15, 0.2) is 23.3 Å². The van der Waals surface area contributed by atoms with Crippen LogP contribution in [0.3, 0.4) is 0 Å². The monoisotopic (exact) mass is 450 g/mol. The van der Waals surface area contributed by atoms with Gasteiger partial charge in [0.25, 0.3) is 0 Å². The lowest BCUT2D eigenvalue weighted by molar-refractivity contribution is 0.0268. The quantitative estimate of drug-likeness (QED) is 0.262. The van der Waals surface area contributed by atoms with Gasteiger partial charge in [0, 0.05) is 39.0 Å². The van der Waals surface area contributed by atoms with E-state index in [2.05, 4.69) is 27.5 Å². The maximum Gasteiger partial charge on any atom is 0.218 e. The van der Waals surface area contributed by atoms with Gasteiger partial charge in [0.1, 0.15) is 0 Å². The second kappa shape index (κ2) is 12.3. The Morgan fingerprint density at radius 3 is 2.71 bits per heavy atom. The SMILES string of the molecule is CCCCOc1ncccc1CNC(=NC)NCC(C)(C)OC.I. The molecule has 1 aromatic rings. The van der Waals surface area contributed by atoms with Crippen molar-refractivity contribution >= 4 is 29.9 Å². The van der Waals surface area contributed by atoms with Gasteiger partial charge < -0.3 is 20.1 Å². The molecule has 0 fully saturated rings. The van der Waals surface area contributed by atoms with E-state index in [0.717, 1.165) is 24.4 Å². The summed E-state index contributed by atoms with van der Waals surface area (Å²) in [7, 11) is 3.45. The molecule has 1 rings (SSSR count).